The van der Waals surface area contributed by atoms with Crippen LogP contribution in [-0.2, 0) is 6.18 Å². The predicted molar refractivity (Wildman–Crippen MR) is 128 cm³/mol. The Hall–Kier alpha value is -2.88. The lowest BCUT2D eigenvalue weighted by Gasteiger charge is -2.38. The van der Waals surface area contributed by atoms with Gasteiger partial charge in [0, 0.05) is 67.1 Å². The molecular formula is C25H24ClF3N4O2. The predicted octanol–water partition coefficient (Wildman–Crippen LogP) is 3.91. The molecule has 1 aromatic heterocycles. The number of amides is 1. The smallest absolute Gasteiger partial charge is 0.390 e. The molecule has 1 amide bonds. The van der Waals surface area contributed by atoms with Crippen molar-refractivity contribution in [1.29, 1.82) is 0 Å². The molecule has 0 radical (unpaired) electrons. The largest absolute Gasteiger partial charge is 0.416 e. The van der Waals surface area contributed by atoms with Gasteiger partial charge in [-0.05, 0) is 42.5 Å². The zero-order valence-electron chi connectivity index (χ0n) is 18.7. The van der Waals surface area contributed by atoms with Gasteiger partial charge in [0.1, 0.15) is 0 Å². The molecule has 35 heavy (non-hydrogen) atoms. The average Bonchev–Trinajstić information content (AvgIpc) is 3.24. The molecule has 0 bridgehead atoms. The maximum absolute atomic E-state index is 13.1. The number of rotatable bonds is 3. The minimum Gasteiger partial charge on any atom is -0.390 e. The molecule has 0 saturated carbocycles. The summed E-state index contributed by atoms with van der Waals surface area (Å²) in [6.45, 7) is 3.25. The molecule has 0 aliphatic carbocycles. The Balaban J connectivity index is 1.27. The van der Waals surface area contributed by atoms with Crippen LogP contribution in [0.1, 0.15) is 15.9 Å². The summed E-state index contributed by atoms with van der Waals surface area (Å²) in [5.74, 6) is -0.0450. The lowest BCUT2D eigenvalue weighted by molar-refractivity contribution is -0.137. The van der Waals surface area contributed by atoms with Crippen molar-refractivity contribution >= 4 is 34.1 Å². The molecule has 2 aliphatic heterocycles. The van der Waals surface area contributed by atoms with Gasteiger partial charge in [-0.2, -0.15) is 13.2 Å². The van der Waals surface area contributed by atoms with Crippen LogP contribution in [0.4, 0.5) is 18.9 Å². The Kier molecular flexibility index (Phi) is 6.33. The number of aromatic nitrogens is 1. The molecular weight excluding hydrogens is 481 g/mol. The van der Waals surface area contributed by atoms with Crippen molar-refractivity contribution in [3.05, 3.63) is 70.9 Å². The van der Waals surface area contributed by atoms with Gasteiger partial charge in [-0.3, -0.25) is 14.7 Å². The van der Waals surface area contributed by atoms with E-state index in [1.54, 1.807) is 35.2 Å². The van der Waals surface area contributed by atoms with E-state index in [4.69, 9.17) is 11.6 Å². The van der Waals surface area contributed by atoms with Gasteiger partial charge in [-0.1, -0.05) is 17.7 Å². The van der Waals surface area contributed by atoms with E-state index in [0.29, 0.717) is 55.2 Å². The minimum atomic E-state index is -4.43. The number of anilines is 1. The molecule has 2 atom stereocenters. The van der Waals surface area contributed by atoms with Crippen LogP contribution < -0.4 is 4.90 Å². The standard InChI is InChI=1S/C25H24ClF3N4O2/c26-18-4-1-16(2-5-18)24(35)32-11-9-31(10-12-32)22-14-33(15-23(22)34)21-7-8-30-20-13-17(25(27,28)29)3-6-19(20)21/h1-8,13,22-23,34H,9-12,14-15H2. The molecule has 3 heterocycles. The summed E-state index contributed by atoms with van der Waals surface area (Å²) in [6.07, 6.45) is -3.55. The molecule has 6 nitrogen and oxygen atoms in total. The summed E-state index contributed by atoms with van der Waals surface area (Å²) in [5, 5.41) is 12.0. The summed E-state index contributed by atoms with van der Waals surface area (Å²) in [4.78, 5) is 22.9. The molecule has 2 unspecified atom stereocenters. The first kappa shape index (κ1) is 23.8. The SMILES string of the molecule is O=C(c1ccc(Cl)cc1)N1CCN(C2CN(c3ccnc4cc(C(F)(F)F)ccc34)CC2O)CC1. The number of carbonyl (C=O) groups is 1. The average molecular weight is 505 g/mol. The van der Waals surface area contributed by atoms with Crippen LogP contribution in [0.5, 0.6) is 0 Å². The van der Waals surface area contributed by atoms with Crippen molar-refractivity contribution in [1.82, 2.24) is 14.8 Å². The second-order valence-corrected chi connectivity index (χ2v) is 9.37. The highest BCUT2D eigenvalue weighted by Crippen LogP contribution is 2.35. The number of halogens is 4. The van der Waals surface area contributed by atoms with Gasteiger partial charge in [-0.15, -0.1) is 0 Å². The molecule has 2 aliphatic rings. The number of hydrogen-bond acceptors (Lipinski definition) is 5. The van der Waals surface area contributed by atoms with Crippen LogP contribution in [0.2, 0.25) is 5.02 Å². The Morgan fingerprint density at radius 1 is 1.00 bits per heavy atom. The van der Waals surface area contributed by atoms with E-state index in [1.807, 2.05) is 4.90 Å². The van der Waals surface area contributed by atoms with Gasteiger partial charge in [0.2, 0.25) is 0 Å². The fraction of sp³-hybridized carbons (Fsp3) is 0.360. The molecule has 3 aromatic rings. The lowest BCUT2D eigenvalue weighted by Crippen LogP contribution is -2.54. The van der Waals surface area contributed by atoms with Crippen LogP contribution >= 0.6 is 11.6 Å². The first-order valence-corrected chi connectivity index (χ1v) is 11.8. The van der Waals surface area contributed by atoms with Gasteiger partial charge < -0.3 is 14.9 Å². The van der Waals surface area contributed by atoms with Crippen molar-refractivity contribution in [2.75, 3.05) is 44.2 Å². The summed E-state index contributed by atoms with van der Waals surface area (Å²) in [5.41, 5.74) is 0.875. The Morgan fingerprint density at radius 2 is 1.71 bits per heavy atom. The van der Waals surface area contributed by atoms with E-state index in [-0.39, 0.29) is 17.5 Å². The second-order valence-electron chi connectivity index (χ2n) is 8.93. The van der Waals surface area contributed by atoms with E-state index in [2.05, 4.69) is 9.88 Å². The normalized spacial score (nSPS) is 21.6. The van der Waals surface area contributed by atoms with Gasteiger partial charge >= 0.3 is 6.18 Å². The highest BCUT2D eigenvalue weighted by molar-refractivity contribution is 6.30. The fourth-order valence-corrected chi connectivity index (χ4v) is 5.07. The number of carbonyl (C=O) groups excluding carboxylic acids is 1. The summed E-state index contributed by atoms with van der Waals surface area (Å²) in [7, 11) is 0. The number of alkyl halides is 3. The zero-order chi connectivity index (χ0) is 24.7. The maximum atomic E-state index is 13.1. The second kappa shape index (κ2) is 9.29. The number of benzene rings is 2. The van der Waals surface area contributed by atoms with Crippen molar-refractivity contribution in [3.63, 3.8) is 0 Å². The van der Waals surface area contributed by atoms with Crippen LogP contribution in [0.15, 0.2) is 54.7 Å². The third-order valence-corrected chi connectivity index (χ3v) is 7.06. The molecule has 0 spiro atoms. The fourth-order valence-electron chi connectivity index (χ4n) is 4.94. The lowest BCUT2D eigenvalue weighted by atomic mass is 10.1. The van der Waals surface area contributed by atoms with E-state index in [9.17, 15) is 23.1 Å². The topological polar surface area (TPSA) is 59.9 Å². The summed E-state index contributed by atoms with van der Waals surface area (Å²) < 4.78 is 39.3. The zero-order valence-corrected chi connectivity index (χ0v) is 19.5. The van der Waals surface area contributed by atoms with Crippen molar-refractivity contribution in [2.45, 2.75) is 18.3 Å². The number of pyridine rings is 1. The number of aliphatic hydroxyl groups is 1. The highest BCUT2D eigenvalue weighted by Gasteiger charge is 2.38. The van der Waals surface area contributed by atoms with Crippen LogP contribution in [0.3, 0.4) is 0 Å². The Bertz CT molecular complexity index is 1230. The Morgan fingerprint density at radius 3 is 2.40 bits per heavy atom. The molecule has 1 N–H and O–H groups in total. The first-order chi connectivity index (χ1) is 16.7. The third kappa shape index (κ3) is 4.80. The number of β-amino-alcohol motifs (C(OH)–C–C–N with tert-alkyl or cyclic N) is 1. The monoisotopic (exact) mass is 504 g/mol. The number of piperazine rings is 1. The van der Waals surface area contributed by atoms with Crippen molar-refractivity contribution in [2.24, 2.45) is 0 Å². The number of fused-ring (bicyclic) bond motifs is 1. The molecule has 2 aromatic carbocycles. The summed E-state index contributed by atoms with van der Waals surface area (Å²) >= 11 is 5.91. The number of hydrogen-bond donors (Lipinski definition) is 1. The van der Waals surface area contributed by atoms with Gasteiger partial charge in [0.15, 0.2) is 0 Å². The molecule has 2 saturated heterocycles. The van der Waals surface area contributed by atoms with Gasteiger partial charge in [0.25, 0.3) is 5.91 Å². The van der Waals surface area contributed by atoms with Gasteiger partial charge in [0.05, 0.1) is 23.2 Å². The van der Waals surface area contributed by atoms with Crippen LogP contribution in [0.25, 0.3) is 10.9 Å². The third-order valence-electron chi connectivity index (χ3n) is 6.81. The number of aliphatic hydroxyl groups excluding tert-OH is 1. The Labute approximate surface area is 205 Å². The van der Waals surface area contributed by atoms with Crippen molar-refractivity contribution < 1.29 is 23.1 Å². The first-order valence-electron chi connectivity index (χ1n) is 11.4. The number of nitrogens with zero attached hydrogens (tertiary/aromatic N) is 4. The molecule has 184 valence electrons. The maximum Gasteiger partial charge on any atom is 0.416 e. The van der Waals surface area contributed by atoms with Crippen LogP contribution in [-0.4, -0.2) is 77.2 Å². The van der Waals surface area contributed by atoms with Crippen LogP contribution in [0, 0.1) is 0 Å². The van der Waals surface area contributed by atoms with E-state index < -0.39 is 17.8 Å². The van der Waals surface area contributed by atoms with E-state index in [1.165, 1.54) is 12.3 Å². The quantitative estimate of drug-likeness (QED) is 0.586. The van der Waals surface area contributed by atoms with Crippen molar-refractivity contribution in [3.8, 4) is 0 Å². The highest BCUT2D eigenvalue weighted by atomic mass is 35.5. The minimum absolute atomic E-state index is 0.0450. The van der Waals surface area contributed by atoms with E-state index >= 15 is 0 Å². The van der Waals surface area contributed by atoms with E-state index in [0.717, 1.165) is 17.8 Å². The summed E-state index contributed by atoms with van der Waals surface area (Å²) in [6, 6.07) is 12.0. The molecule has 10 heteroatoms. The molecule has 5 rings (SSSR count). The van der Waals surface area contributed by atoms with Gasteiger partial charge in [-0.25, -0.2) is 0 Å². The molecule has 2 fully saturated rings.